The van der Waals surface area contributed by atoms with E-state index in [0.29, 0.717) is 11.2 Å². The minimum absolute atomic E-state index is 0.0309. The summed E-state index contributed by atoms with van der Waals surface area (Å²) in [5, 5.41) is 8.80. The number of sulfonamides is 1. The SMILES string of the molecule is Cc1cc(NS(=O)(=O)c2cnn(-c3ccnc(C(F)(F)F)c3)c2)c2c(cnn2C)c1. The number of nitrogens with zero attached hydrogens (tertiary/aromatic N) is 5. The van der Waals surface area contributed by atoms with Gasteiger partial charge in [0.2, 0.25) is 0 Å². The van der Waals surface area contributed by atoms with Crippen LogP contribution in [0.15, 0.2) is 53.9 Å². The summed E-state index contributed by atoms with van der Waals surface area (Å²) in [6.45, 7) is 1.82. The van der Waals surface area contributed by atoms with E-state index in [1.807, 2.05) is 13.0 Å². The summed E-state index contributed by atoms with van der Waals surface area (Å²) < 4.78 is 69.5. The van der Waals surface area contributed by atoms with E-state index in [-0.39, 0.29) is 10.6 Å². The van der Waals surface area contributed by atoms with Crippen LogP contribution in [0.25, 0.3) is 16.6 Å². The van der Waals surface area contributed by atoms with Gasteiger partial charge in [-0.1, -0.05) is 0 Å². The molecule has 0 spiro atoms. The zero-order valence-corrected chi connectivity index (χ0v) is 16.5. The number of rotatable bonds is 4. The Labute approximate surface area is 169 Å². The third-order valence-corrected chi connectivity index (χ3v) is 5.71. The predicted octanol–water partition coefficient (Wildman–Crippen LogP) is 3.28. The second-order valence-corrected chi connectivity index (χ2v) is 8.32. The van der Waals surface area contributed by atoms with Crippen LogP contribution >= 0.6 is 0 Å². The highest BCUT2D eigenvalue weighted by Gasteiger charge is 2.32. The molecule has 0 radical (unpaired) electrons. The summed E-state index contributed by atoms with van der Waals surface area (Å²) in [6, 6.07) is 5.63. The molecule has 8 nitrogen and oxygen atoms in total. The van der Waals surface area contributed by atoms with Crippen molar-refractivity contribution in [3.05, 3.63) is 60.3 Å². The largest absolute Gasteiger partial charge is 0.433 e. The van der Waals surface area contributed by atoms with Crippen LogP contribution in [0.2, 0.25) is 0 Å². The number of aryl methyl sites for hydroxylation is 2. The Bertz CT molecular complexity index is 1360. The molecule has 0 amide bonds. The monoisotopic (exact) mass is 436 g/mol. The lowest BCUT2D eigenvalue weighted by atomic mass is 10.1. The molecule has 0 aliphatic rings. The van der Waals surface area contributed by atoms with Crippen LogP contribution in [0.4, 0.5) is 18.9 Å². The number of nitrogens with one attached hydrogen (secondary N) is 1. The van der Waals surface area contributed by atoms with Crippen LogP contribution in [0.3, 0.4) is 0 Å². The molecule has 0 aliphatic heterocycles. The van der Waals surface area contributed by atoms with Gasteiger partial charge in [0.1, 0.15) is 10.6 Å². The molecule has 0 saturated heterocycles. The van der Waals surface area contributed by atoms with E-state index in [1.165, 1.54) is 6.07 Å². The number of alkyl halides is 3. The average Bonchev–Trinajstić information content (AvgIpc) is 3.29. The Morgan fingerprint density at radius 2 is 1.87 bits per heavy atom. The third kappa shape index (κ3) is 3.61. The van der Waals surface area contributed by atoms with Crippen molar-refractivity contribution >= 4 is 26.6 Å². The van der Waals surface area contributed by atoms with Crippen LogP contribution in [0, 0.1) is 6.92 Å². The molecule has 0 fully saturated rings. The van der Waals surface area contributed by atoms with Gasteiger partial charge >= 0.3 is 6.18 Å². The molecular weight excluding hydrogens is 421 g/mol. The second-order valence-electron chi connectivity index (χ2n) is 6.64. The summed E-state index contributed by atoms with van der Waals surface area (Å²) in [5.41, 5.74) is 0.696. The first kappa shape index (κ1) is 19.9. The van der Waals surface area contributed by atoms with Crippen molar-refractivity contribution in [3.8, 4) is 5.69 Å². The standard InChI is InChI=1S/C18H15F3N6O2S/c1-11-5-12-8-23-26(2)17(12)15(6-11)25-30(28,29)14-9-24-27(10-14)13-3-4-22-16(7-13)18(19,20)21/h3-10,25H,1-2H3. The van der Waals surface area contributed by atoms with Gasteiger partial charge in [0.15, 0.2) is 0 Å². The van der Waals surface area contributed by atoms with Gasteiger partial charge < -0.3 is 0 Å². The van der Waals surface area contributed by atoms with Gasteiger partial charge in [-0.15, -0.1) is 0 Å². The van der Waals surface area contributed by atoms with Gasteiger partial charge in [-0.2, -0.15) is 23.4 Å². The topological polar surface area (TPSA) is 94.7 Å². The molecule has 1 N–H and O–H groups in total. The van der Waals surface area contributed by atoms with E-state index in [1.54, 1.807) is 24.0 Å². The maximum absolute atomic E-state index is 12.9. The van der Waals surface area contributed by atoms with Crippen molar-refractivity contribution in [2.24, 2.45) is 7.05 Å². The fourth-order valence-electron chi connectivity index (χ4n) is 3.06. The fourth-order valence-corrected chi connectivity index (χ4v) is 4.05. The van der Waals surface area contributed by atoms with Crippen LogP contribution in [0.5, 0.6) is 0 Å². The fraction of sp³-hybridized carbons (Fsp3) is 0.167. The van der Waals surface area contributed by atoms with E-state index >= 15 is 0 Å². The molecule has 4 rings (SSSR count). The first-order valence-electron chi connectivity index (χ1n) is 8.58. The lowest BCUT2D eigenvalue weighted by molar-refractivity contribution is -0.141. The molecule has 4 aromatic rings. The number of hydrogen-bond acceptors (Lipinski definition) is 5. The summed E-state index contributed by atoms with van der Waals surface area (Å²) in [6.07, 6.45) is 0.178. The molecule has 3 aromatic heterocycles. The van der Waals surface area contributed by atoms with Crippen LogP contribution < -0.4 is 4.72 Å². The first-order chi connectivity index (χ1) is 14.0. The molecule has 3 heterocycles. The summed E-state index contributed by atoms with van der Waals surface area (Å²) in [7, 11) is -2.36. The Balaban J connectivity index is 1.70. The van der Waals surface area contributed by atoms with Gasteiger partial charge in [-0.25, -0.2) is 13.1 Å². The van der Waals surface area contributed by atoms with Gasteiger partial charge in [-0.05, 0) is 36.8 Å². The molecule has 0 aliphatic carbocycles. The smallest absolute Gasteiger partial charge is 0.277 e. The molecule has 0 saturated carbocycles. The van der Waals surface area contributed by atoms with Crippen LogP contribution in [-0.4, -0.2) is 33.0 Å². The maximum atomic E-state index is 12.9. The highest BCUT2D eigenvalue weighted by Crippen LogP contribution is 2.29. The molecule has 0 atom stereocenters. The van der Waals surface area contributed by atoms with Crippen molar-refractivity contribution in [2.75, 3.05) is 4.72 Å². The Kier molecular flexibility index (Phi) is 4.53. The van der Waals surface area contributed by atoms with Gasteiger partial charge in [-0.3, -0.25) is 14.4 Å². The van der Waals surface area contributed by atoms with Crippen molar-refractivity contribution < 1.29 is 21.6 Å². The first-order valence-corrected chi connectivity index (χ1v) is 10.1. The molecule has 1 aromatic carbocycles. The summed E-state index contributed by atoms with van der Waals surface area (Å²) >= 11 is 0. The number of benzene rings is 1. The number of pyridine rings is 1. The average molecular weight is 436 g/mol. The third-order valence-electron chi connectivity index (χ3n) is 4.39. The lowest BCUT2D eigenvalue weighted by Gasteiger charge is -2.10. The number of halogens is 3. The van der Waals surface area contributed by atoms with Gasteiger partial charge in [0, 0.05) is 18.6 Å². The summed E-state index contributed by atoms with van der Waals surface area (Å²) in [4.78, 5) is 3.08. The normalized spacial score (nSPS) is 12.4. The quantitative estimate of drug-likeness (QED) is 0.530. The lowest BCUT2D eigenvalue weighted by Crippen LogP contribution is -2.13. The molecule has 0 bridgehead atoms. The molecule has 0 unspecified atom stereocenters. The Morgan fingerprint density at radius 3 is 2.60 bits per heavy atom. The van der Waals surface area contributed by atoms with Crippen molar-refractivity contribution in [3.63, 3.8) is 0 Å². The molecule has 30 heavy (non-hydrogen) atoms. The summed E-state index contributed by atoms with van der Waals surface area (Å²) in [5.74, 6) is 0. The maximum Gasteiger partial charge on any atom is 0.433 e. The Morgan fingerprint density at radius 1 is 1.10 bits per heavy atom. The highest BCUT2D eigenvalue weighted by atomic mass is 32.2. The Hall–Kier alpha value is -3.41. The van der Waals surface area contributed by atoms with E-state index in [2.05, 4.69) is 19.9 Å². The van der Waals surface area contributed by atoms with E-state index in [4.69, 9.17) is 0 Å². The number of anilines is 1. The van der Waals surface area contributed by atoms with E-state index < -0.39 is 21.9 Å². The molecule has 12 heteroatoms. The number of hydrogen-bond donors (Lipinski definition) is 1. The molecular formula is C18H15F3N6O2S. The van der Waals surface area contributed by atoms with Crippen LogP contribution in [-0.2, 0) is 23.2 Å². The number of aromatic nitrogens is 5. The minimum Gasteiger partial charge on any atom is -0.277 e. The van der Waals surface area contributed by atoms with Crippen molar-refractivity contribution in [1.82, 2.24) is 24.5 Å². The van der Waals surface area contributed by atoms with Gasteiger partial charge in [0.25, 0.3) is 10.0 Å². The zero-order valence-electron chi connectivity index (χ0n) is 15.7. The predicted molar refractivity (Wildman–Crippen MR) is 103 cm³/mol. The van der Waals surface area contributed by atoms with Crippen molar-refractivity contribution in [1.29, 1.82) is 0 Å². The zero-order chi connectivity index (χ0) is 21.7. The van der Waals surface area contributed by atoms with E-state index in [0.717, 1.165) is 40.3 Å². The minimum atomic E-state index is -4.63. The second kappa shape index (κ2) is 6.83. The van der Waals surface area contributed by atoms with Gasteiger partial charge in [0.05, 0.1) is 35.5 Å². The number of fused-ring (bicyclic) bond motifs is 1. The molecule has 156 valence electrons. The van der Waals surface area contributed by atoms with Crippen molar-refractivity contribution in [2.45, 2.75) is 18.0 Å². The van der Waals surface area contributed by atoms with E-state index in [9.17, 15) is 21.6 Å². The van der Waals surface area contributed by atoms with Crippen LogP contribution in [0.1, 0.15) is 11.3 Å². The highest BCUT2D eigenvalue weighted by molar-refractivity contribution is 7.92.